The number of fused-ring (bicyclic) bond motifs is 1. The third-order valence-corrected chi connectivity index (χ3v) is 5.53. The van der Waals surface area contributed by atoms with E-state index in [2.05, 4.69) is 25.3 Å². The van der Waals surface area contributed by atoms with Gasteiger partial charge in [-0.15, -0.1) is 0 Å². The summed E-state index contributed by atoms with van der Waals surface area (Å²) >= 11 is 14.0. The third-order valence-electron chi connectivity index (χ3n) is 3.85. The van der Waals surface area contributed by atoms with E-state index in [4.69, 9.17) is 23.2 Å². The van der Waals surface area contributed by atoms with E-state index < -0.39 is 6.67 Å². The molecule has 0 fully saturated rings. The van der Waals surface area contributed by atoms with Crippen LogP contribution in [0.3, 0.4) is 0 Å². The highest BCUT2D eigenvalue weighted by Crippen LogP contribution is 2.31. The fourth-order valence-corrected chi connectivity index (χ4v) is 3.98. The number of halogens is 3. The highest BCUT2D eigenvalue weighted by molar-refractivity contribution is 7.18. The van der Waals surface area contributed by atoms with Gasteiger partial charge in [0.15, 0.2) is 5.82 Å². The largest absolute Gasteiger partial charge is 0.337 e. The number of anilines is 2. The van der Waals surface area contributed by atoms with E-state index >= 15 is 0 Å². The number of hydrogen-bond acceptors (Lipinski definition) is 6. The molecule has 0 radical (unpaired) electrons. The molecule has 0 saturated carbocycles. The van der Waals surface area contributed by atoms with Gasteiger partial charge in [-0.2, -0.15) is 0 Å². The van der Waals surface area contributed by atoms with E-state index in [9.17, 15) is 4.39 Å². The maximum atomic E-state index is 12.6. The van der Waals surface area contributed by atoms with Crippen molar-refractivity contribution in [3.63, 3.8) is 0 Å². The van der Waals surface area contributed by atoms with Gasteiger partial charge < -0.3 is 5.32 Å². The number of nitrogens with one attached hydrogen (secondary N) is 1. The SMILES string of the molecule is FCc1ccc(Nc2ncnc3sc(Cc4c(Cl)cccc4Cl)nc23)cn1. The monoisotopic (exact) mass is 419 g/mol. The molecule has 4 rings (SSSR count). The second kappa shape index (κ2) is 7.72. The Balaban J connectivity index is 1.65. The molecule has 0 unspecified atom stereocenters. The quantitative estimate of drug-likeness (QED) is 0.456. The van der Waals surface area contributed by atoms with E-state index in [0.717, 1.165) is 15.4 Å². The smallest absolute Gasteiger partial charge is 0.161 e. The molecule has 0 bridgehead atoms. The molecule has 0 aliphatic rings. The van der Waals surface area contributed by atoms with Crippen LogP contribution >= 0.6 is 34.5 Å². The maximum absolute atomic E-state index is 12.6. The number of rotatable bonds is 5. The van der Waals surface area contributed by atoms with Crippen molar-refractivity contribution < 1.29 is 4.39 Å². The van der Waals surface area contributed by atoms with Crippen LogP contribution < -0.4 is 5.32 Å². The second-order valence-electron chi connectivity index (χ2n) is 5.66. The minimum absolute atomic E-state index is 0.376. The molecule has 1 aromatic carbocycles. The Labute approximate surface area is 168 Å². The molecule has 0 atom stereocenters. The average Bonchev–Trinajstić information content (AvgIpc) is 3.09. The van der Waals surface area contributed by atoms with Gasteiger partial charge in [0.1, 0.15) is 28.4 Å². The summed E-state index contributed by atoms with van der Waals surface area (Å²) in [5.41, 5.74) is 2.54. The van der Waals surface area contributed by atoms with Crippen molar-refractivity contribution in [2.24, 2.45) is 0 Å². The molecule has 9 heteroatoms. The molecule has 3 aromatic heterocycles. The van der Waals surface area contributed by atoms with Crippen molar-refractivity contribution in [2.45, 2.75) is 13.1 Å². The Bertz CT molecular complexity index is 1080. The first kappa shape index (κ1) is 18.0. The summed E-state index contributed by atoms with van der Waals surface area (Å²) < 4.78 is 12.6. The predicted molar refractivity (Wildman–Crippen MR) is 107 cm³/mol. The van der Waals surface area contributed by atoms with Crippen molar-refractivity contribution >= 4 is 56.4 Å². The fraction of sp³-hybridized carbons (Fsp3) is 0.111. The summed E-state index contributed by atoms with van der Waals surface area (Å²) in [7, 11) is 0. The van der Waals surface area contributed by atoms with Crippen LogP contribution in [0.2, 0.25) is 10.0 Å². The standard InChI is InChI=1S/C18H12Cl2FN5S/c19-13-2-1-3-14(20)12(13)6-15-26-16-17(23-9-24-18(16)27-15)25-11-5-4-10(7-21)22-8-11/h1-5,8-9H,6-7H2,(H,23,24,25). The van der Waals surface area contributed by atoms with Crippen LogP contribution in [0.1, 0.15) is 16.3 Å². The summed E-state index contributed by atoms with van der Waals surface area (Å²) in [5.74, 6) is 0.558. The summed E-state index contributed by atoms with van der Waals surface area (Å²) in [4.78, 5) is 18.0. The Hall–Kier alpha value is -2.35. The third kappa shape index (κ3) is 3.85. The molecule has 136 valence electrons. The van der Waals surface area contributed by atoms with Crippen LogP contribution in [0.4, 0.5) is 15.9 Å². The zero-order chi connectivity index (χ0) is 18.8. The van der Waals surface area contributed by atoms with Gasteiger partial charge in [0.05, 0.1) is 17.6 Å². The molecule has 4 aromatic rings. The van der Waals surface area contributed by atoms with Crippen LogP contribution in [0.15, 0.2) is 42.9 Å². The molecule has 0 amide bonds. The van der Waals surface area contributed by atoms with E-state index in [1.807, 2.05) is 6.07 Å². The molecule has 0 aliphatic heterocycles. The lowest BCUT2D eigenvalue weighted by Crippen LogP contribution is -1.97. The van der Waals surface area contributed by atoms with Gasteiger partial charge >= 0.3 is 0 Å². The van der Waals surface area contributed by atoms with Crippen molar-refractivity contribution in [2.75, 3.05) is 5.32 Å². The zero-order valence-corrected chi connectivity index (χ0v) is 16.1. The Morgan fingerprint density at radius 1 is 1.04 bits per heavy atom. The molecule has 3 heterocycles. The predicted octanol–water partition coefficient (Wildman–Crippen LogP) is 5.59. The topological polar surface area (TPSA) is 63.6 Å². The Kier molecular flexibility index (Phi) is 5.15. The Morgan fingerprint density at radius 3 is 2.56 bits per heavy atom. The Morgan fingerprint density at radius 2 is 1.85 bits per heavy atom. The van der Waals surface area contributed by atoms with Gasteiger partial charge in [-0.1, -0.05) is 40.6 Å². The molecular weight excluding hydrogens is 408 g/mol. The van der Waals surface area contributed by atoms with Crippen LogP contribution in [-0.4, -0.2) is 19.9 Å². The van der Waals surface area contributed by atoms with Crippen LogP contribution in [-0.2, 0) is 13.1 Å². The zero-order valence-electron chi connectivity index (χ0n) is 13.8. The van der Waals surface area contributed by atoms with Gasteiger partial charge in [-0.3, -0.25) is 4.98 Å². The van der Waals surface area contributed by atoms with Gasteiger partial charge in [0.25, 0.3) is 0 Å². The summed E-state index contributed by atoms with van der Waals surface area (Å²) in [6.45, 7) is -0.599. The number of thiazole rings is 1. The van der Waals surface area contributed by atoms with Crippen molar-refractivity contribution in [3.05, 3.63) is 69.2 Å². The van der Waals surface area contributed by atoms with Crippen molar-refractivity contribution in [3.8, 4) is 0 Å². The minimum Gasteiger partial charge on any atom is -0.337 e. The van der Waals surface area contributed by atoms with E-state index in [-0.39, 0.29) is 0 Å². The van der Waals surface area contributed by atoms with Gasteiger partial charge in [0.2, 0.25) is 0 Å². The van der Waals surface area contributed by atoms with E-state index in [0.29, 0.717) is 39.2 Å². The summed E-state index contributed by atoms with van der Waals surface area (Å²) in [6, 6.07) is 8.77. The molecule has 1 N–H and O–H groups in total. The fourth-order valence-electron chi connectivity index (χ4n) is 2.53. The molecule has 5 nitrogen and oxygen atoms in total. The second-order valence-corrected chi connectivity index (χ2v) is 7.53. The van der Waals surface area contributed by atoms with E-state index in [1.165, 1.54) is 17.7 Å². The molecule has 0 spiro atoms. The highest BCUT2D eigenvalue weighted by Gasteiger charge is 2.14. The highest BCUT2D eigenvalue weighted by atomic mass is 35.5. The molecule has 27 heavy (non-hydrogen) atoms. The number of pyridine rings is 1. The maximum Gasteiger partial charge on any atom is 0.161 e. The minimum atomic E-state index is -0.599. The lowest BCUT2D eigenvalue weighted by molar-refractivity contribution is 0.476. The number of alkyl halides is 1. The molecular formula is C18H12Cl2FN5S. The molecule has 0 aliphatic carbocycles. The van der Waals surface area contributed by atoms with Gasteiger partial charge in [0, 0.05) is 16.5 Å². The normalized spacial score (nSPS) is 11.1. The van der Waals surface area contributed by atoms with Gasteiger partial charge in [-0.05, 0) is 29.8 Å². The van der Waals surface area contributed by atoms with Crippen LogP contribution in [0, 0.1) is 0 Å². The number of nitrogens with zero attached hydrogens (tertiary/aromatic N) is 4. The number of aromatic nitrogens is 4. The number of hydrogen-bond donors (Lipinski definition) is 1. The average molecular weight is 420 g/mol. The lowest BCUT2D eigenvalue weighted by Gasteiger charge is -2.05. The van der Waals surface area contributed by atoms with Gasteiger partial charge in [-0.25, -0.2) is 19.3 Å². The van der Waals surface area contributed by atoms with Crippen LogP contribution in [0.5, 0.6) is 0 Å². The first-order valence-electron chi connectivity index (χ1n) is 7.95. The summed E-state index contributed by atoms with van der Waals surface area (Å²) in [6.07, 6.45) is 3.53. The van der Waals surface area contributed by atoms with Crippen molar-refractivity contribution in [1.29, 1.82) is 0 Å². The van der Waals surface area contributed by atoms with E-state index in [1.54, 1.807) is 30.5 Å². The number of benzene rings is 1. The lowest BCUT2D eigenvalue weighted by atomic mass is 10.1. The van der Waals surface area contributed by atoms with Crippen molar-refractivity contribution in [1.82, 2.24) is 19.9 Å². The summed E-state index contributed by atoms with van der Waals surface area (Å²) in [5, 5.41) is 5.19. The van der Waals surface area contributed by atoms with Crippen LogP contribution in [0.25, 0.3) is 10.3 Å². The first-order valence-corrected chi connectivity index (χ1v) is 9.52. The first-order chi connectivity index (χ1) is 13.1. The molecule has 0 saturated heterocycles.